The molecule has 1 amide bonds. The molecule has 0 radical (unpaired) electrons. The number of amides is 1. The van der Waals surface area contributed by atoms with Gasteiger partial charge in [0.2, 0.25) is 5.91 Å². The first-order valence-electron chi connectivity index (χ1n) is 9.55. The van der Waals surface area contributed by atoms with Gasteiger partial charge in [-0.1, -0.05) is 60.2 Å². The number of rotatable bonds is 6. The Labute approximate surface area is 172 Å². The molecule has 3 aromatic carbocycles. The molecular formula is C24H25NO3S. The number of hydrogen-bond donors (Lipinski definition) is 0. The maximum atomic E-state index is 13.5. The molecule has 0 unspecified atom stereocenters. The Morgan fingerprint density at radius 2 is 1.48 bits per heavy atom. The minimum absolute atomic E-state index is 0.0997. The third-order valence-corrected chi connectivity index (χ3v) is 6.80. The third kappa shape index (κ3) is 4.57. The van der Waals surface area contributed by atoms with Gasteiger partial charge in [0, 0.05) is 6.42 Å². The summed E-state index contributed by atoms with van der Waals surface area (Å²) in [6.07, 6.45) is 0.576. The van der Waals surface area contributed by atoms with Crippen LogP contribution in [0, 0.1) is 20.8 Å². The van der Waals surface area contributed by atoms with Gasteiger partial charge in [-0.2, -0.15) is 0 Å². The van der Waals surface area contributed by atoms with Crippen molar-refractivity contribution < 1.29 is 13.2 Å². The molecule has 0 bridgehead atoms. The normalized spacial score (nSPS) is 11.3. The molecule has 0 fully saturated rings. The molecule has 0 aliphatic carbocycles. The minimum Gasteiger partial charge on any atom is -0.273 e. The van der Waals surface area contributed by atoms with Crippen molar-refractivity contribution >= 4 is 21.6 Å². The lowest BCUT2D eigenvalue weighted by atomic mass is 10.1. The summed E-state index contributed by atoms with van der Waals surface area (Å²) >= 11 is 0. The van der Waals surface area contributed by atoms with Crippen LogP contribution in [0.15, 0.2) is 77.7 Å². The van der Waals surface area contributed by atoms with Gasteiger partial charge < -0.3 is 0 Å². The number of carbonyl (C=O) groups excluding carboxylic acids is 1. The molecule has 3 rings (SSSR count). The van der Waals surface area contributed by atoms with Crippen LogP contribution in [0.2, 0.25) is 0 Å². The van der Waals surface area contributed by atoms with Crippen LogP contribution in [0.25, 0.3) is 0 Å². The van der Waals surface area contributed by atoms with Crippen LogP contribution in [0.5, 0.6) is 0 Å². The number of aryl methyl sites for hydroxylation is 3. The lowest BCUT2D eigenvalue weighted by Gasteiger charge is -2.25. The van der Waals surface area contributed by atoms with Crippen molar-refractivity contribution in [2.45, 2.75) is 38.5 Å². The molecule has 5 heteroatoms. The molecule has 0 aliphatic heterocycles. The summed E-state index contributed by atoms with van der Waals surface area (Å²) in [6, 6.07) is 21.5. The highest BCUT2D eigenvalue weighted by molar-refractivity contribution is 7.93. The lowest BCUT2D eigenvalue weighted by Crippen LogP contribution is -2.37. The highest BCUT2D eigenvalue weighted by Gasteiger charge is 2.31. The van der Waals surface area contributed by atoms with Gasteiger partial charge in [-0.3, -0.25) is 4.79 Å². The standard InChI is InChI=1S/C24H25NO3S/c1-18-12-15-22(16-13-18)29(27,28)25(23-11-7-8-19(2)20(23)3)24(26)17-14-21-9-5-4-6-10-21/h4-13,15-16H,14,17H2,1-3H3. The Bertz CT molecular complexity index is 1100. The van der Waals surface area contributed by atoms with E-state index in [4.69, 9.17) is 0 Å². The minimum atomic E-state index is -4.03. The van der Waals surface area contributed by atoms with E-state index >= 15 is 0 Å². The number of sulfonamides is 1. The average molecular weight is 408 g/mol. The van der Waals surface area contributed by atoms with E-state index in [2.05, 4.69) is 0 Å². The Morgan fingerprint density at radius 3 is 2.14 bits per heavy atom. The van der Waals surface area contributed by atoms with E-state index in [1.807, 2.05) is 57.2 Å². The lowest BCUT2D eigenvalue weighted by molar-refractivity contribution is -0.117. The molecule has 0 N–H and O–H groups in total. The Hall–Kier alpha value is -2.92. The summed E-state index contributed by atoms with van der Waals surface area (Å²) in [6.45, 7) is 5.64. The van der Waals surface area contributed by atoms with Crippen LogP contribution < -0.4 is 4.31 Å². The molecule has 0 saturated carbocycles. The van der Waals surface area contributed by atoms with Crippen molar-refractivity contribution in [2.75, 3.05) is 4.31 Å². The van der Waals surface area contributed by atoms with E-state index in [1.54, 1.807) is 36.4 Å². The smallest absolute Gasteiger partial charge is 0.270 e. The van der Waals surface area contributed by atoms with E-state index in [-0.39, 0.29) is 11.3 Å². The van der Waals surface area contributed by atoms with E-state index in [0.29, 0.717) is 12.1 Å². The third-order valence-electron chi connectivity index (χ3n) is 5.05. The van der Waals surface area contributed by atoms with Crippen molar-refractivity contribution in [3.05, 3.63) is 95.1 Å². The van der Waals surface area contributed by atoms with Crippen molar-refractivity contribution in [1.29, 1.82) is 0 Å². The van der Waals surface area contributed by atoms with E-state index < -0.39 is 15.9 Å². The van der Waals surface area contributed by atoms with Crippen LogP contribution in [-0.2, 0) is 21.2 Å². The monoisotopic (exact) mass is 407 g/mol. The number of nitrogens with zero attached hydrogens (tertiary/aromatic N) is 1. The maximum absolute atomic E-state index is 13.5. The molecule has 0 aliphatic rings. The number of benzene rings is 3. The molecule has 4 nitrogen and oxygen atoms in total. The SMILES string of the molecule is Cc1ccc(S(=O)(=O)N(C(=O)CCc2ccccc2)c2cccc(C)c2C)cc1. The Kier molecular flexibility index (Phi) is 6.18. The van der Waals surface area contributed by atoms with Crippen molar-refractivity contribution in [2.24, 2.45) is 0 Å². The fourth-order valence-electron chi connectivity index (χ4n) is 3.17. The average Bonchev–Trinajstić information content (AvgIpc) is 2.71. The molecule has 0 atom stereocenters. The second-order valence-corrected chi connectivity index (χ2v) is 8.97. The van der Waals surface area contributed by atoms with Gasteiger partial charge >= 0.3 is 0 Å². The van der Waals surface area contributed by atoms with E-state index in [9.17, 15) is 13.2 Å². The quantitative estimate of drug-likeness (QED) is 0.580. The van der Waals surface area contributed by atoms with Crippen LogP contribution in [-0.4, -0.2) is 14.3 Å². The van der Waals surface area contributed by atoms with Crippen molar-refractivity contribution in [3.8, 4) is 0 Å². The summed E-state index contributed by atoms with van der Waals surface area (Å²) in [5, 5.41) is 0. The summed E-state index contributed by atoms with van der Waals surface area (Å²) in [5.74, 6) is -0.442. The zero-order valence-electron chi connectivity index (χ0n) is 16.9. The van der Waals surface area contributed by atoms with Gasteiger partial charge in [-0.15, -0.1) is 0 Å². The Balaban J connectivity index is 2.03. The second-order valence-electron chi connectivity index (χ2n) is 7.18. The highest BCUT2D eigenvalue weighted by Crippen LogP contribution is 2.29. The molecule has 0 heterocycles. The predicted octanol–water partition coefficient (Wildman–Crippen LogP) is 4.97. The number of carbonyl (C=O) groups is 1. The predicted molar refractivity (Wildman–Crippen MR) is 117 cm³/mol. The first-order chi connectivity index (χ1) is 13.8. The highest BCUT2D eigenvalue weighted by atomic mass is 32.2. The number of anilines is 1. The fourth-order valence-corrected chi connectivity index (χ4v) is 4.67. The molecule has 0 aromatic heterocycles. The second kappa shape index (κ2) is 8.62. The van der Waals surface area contributed by atoms with Crippen LogP contribution in [0.4, 0.5) is 5.69 Å². The summed E-state index contributed by atoms with van der Waals surface area (Å²) < 4.78 is 27.9. The van der Waals surface area contributed by atoms with E-state index in [0.717, 1.165) is 26.6 Å². The van der Waals surface area contributed by atoms with Gasteiger partial charge in [0.15, 0.2) is 0 Å². The largest absolute Gasteiger partial charge is 0.273 e. The molecule has 0 spiro atoms. The fraction of sp³-hybridized carbons (Fsp3) is 0.208. The summed E-state index contributed by atoms with van der Waals surface area (Å²) in [7, 11) is -4.03. The van der Waals surface area contributed by atoms with Gasteiger partial charge in [0.25, 0.3) is 10.0 Å². The van der Waals surface area contributed by atoms with Gasteiger partial charge in [-0.25, -0.2) is 12.7 Å². The van der Waals surface area contributed by atoms with Crippen LogP contribution in [0.3, 0.4) is 0 Å². The maximum Gasteiger partial charge on any atom is 0.270 e. The van der Waals surface area contributed by atoms with Gasteiger partial charge in [-0.05, 0) is 62.1 Å². The topological polar surface area (TPSA) is 54.5 Å². The molecular weight excluding hydrogens is 382 g/mol. The molecule has 29 heavy (non-hydrogen) atoms. The zero-order valence-corrected chi connectivity index (χ0v) is 17.7. The molecule has 0 saturated heterocycles. The Morgan fingerprint density at radius 1 is 0.828 bits per heavy atom. The first-order valence-corrected chi connectivity index (χ1v) is 11.0. The van der Waals surface area contributed by atoms with Gasteiger partial charge in [0.1, 0.15) is 0 Å². The van der Waals surface area contributed by atoms with Gasteiger partial charge in [0.05, 0.1) is 10.6 Å². The number of hydrogen-bond acceptors (Lipinski definition) is 3. The van der Waals surface area contributed by atoms with Crippen LogP contribution >= 0.6 is 0 Å². The summed E-state index contributed by atoms with van der Waals surface area (Å²) in [4.78, 5) is 13.3. The van der Waals surface area contributed by atoms with Crippen LogP contribution in [0.1, 0.15) is 28.7 Å². The van der Waals surface area contributed by atoms with E-state index in [1.165, 1.54) is 0 Å². The molecule has 150 valence electrons. The molecule has 3 aromatic rings. The van der Waals surface area contributed by atoms with Crippen molar-refractivity contribution in [1.82, 2.24) is 0 Å². The first kappa shape index (κ1) is 20.8. The zero-order chi connectivity index (χ0) is 21.0. The van der Waals surface area contributed by atoms with Crippen molar-refractivity contribution in [3.63, 3.8) is 0 Å². The summed E-state index contributed by atoms with van der Waals surface area (Å²) in [5.41, 5.74) is 4.06.